The summed E-state index contributed by atoms with van der Waals surface area (Å²) in [5.41, 5.74) is 1.19. The van der Waals surface area contributed by atoms with Crippen molar-refractivity contribution in [2.24, 2.45) is 0 Å². The molecule has 0 aromatic heterocycles. The summed E-state index contributed by atoms with van der Waals surface area (Å²) in [4.78, 5) is 11.3. The number of alkyl halides is 2. The molecule has 0 spiro atoms. The van der Waals surface area contributed by atoms with E-state index >= 15 is 0 Å². The minimum Gasteiger partial charge on any atom is -0.295 e. The lowest BCUT2D eigenvalue weighted by Crippen LogP contribution is -2.03. The van der Waals surface area contributed by atoms with E-state index in [0.29, 0.717) is 12.0 Å². The molecule has 0 saturated heterocycles. The van der Waals surface area contributed by atoms with Crippen molar-refractivity contribution in [3.8, 4) is 0 Å². The van der Waals surface area contributed by atoms with Crippen LogP contribution in [0.3, 0.4) is 0 Å². The SMILES string of the molecule is CCc1c(I)cc(C(F)F)cc1C(C)=O. The Balaban J connectivity index is 3.38. The Labute approximate surface area is 101 Å². The standard InChI is InChI=1S/C11H11F2IO/c1-3-8-9(6(2)15)4-7(11(12)13)5-10(8)14/h4-5,11H,3H2,1-2H3. The van der Waals surface area contributed by atoms with Crippen molar-refractivity contribution in [3.05, 3.63) is 32.4 Å². The van der Waals surface area contributed by atoms with Crippen molar-refractivity contribution >= 4 is 28.4 Å². The lowest BCUT2D eigenvalue weighted by atomic mass is 9.99. The molecule has 0 atom stereocenters. The van der Waals surface area contributed by atoms with Gasteiger partial charge < -0.3 is 0 Å². The monoisotopic (exact) mass is 324 g/mol. The Morgan fingerprint density at radius 2 is 2.07 bits per heavy atom. The summed E-state index contributed by atoms with van der Waals surface area (Å²) in [6.45, 7) is 3.31. The van der Waals surface area contributed by atoms with Gasteiger partial charge in [-0.1, -0.05) is 6.92 Å². The van der Waals surface area contributed by atoms with Gasteiger partial charge in [-0.2, -0.15) is 0 Å². The fourth-order valence-corrected chi connectivity index (χ4v) is 2.49. The molecular weight excluding hydrogens is 313 g/mol. The third kappa shape index (κ3) is 2.74. The van der Waals surface area contributed by atoms with Crippen LogP contribution in [0.1, 0.15) is 41.8 Å². The van der Waals surface area contributed by atoms with Crippen molar-refractivity contribution in [3.63, 3.8) is 0 Å². The topological polar surface area (TPSA) is 17.1 Å². The maximum absolute atomic E-state index is 12.5. The first-order valence-corrected chi connectivity index (χ1v) is 5.66. The average Bonchev–Trinajstić information content (AvgIpc) is 2.16. The Morgan fingerprint density at radius 3 is 2.47 bits per heavy atom. The van der Waals surface area contributed by atoms with E-state index in [2.05, 4.69) is 0 Å². The summed E-state index contributed by atoms with van der Waals surface area (Å²) in [5.74, 6) is -0.160. The van der Waals surface area contributed by atoms with Crippen LogP contribution < -0.4 is 0 Å². The molecule has 0 aliphatic rings. The van der Waals surface area contributed by atoms with Gasteiger partial charge in [0.1, 0.15) is 0 Å². The maximum Gasteiger partial charge on any atom is 0.263 e. The molecule has 0 radical (unpaired) electrons. The van der Waals surface area contributed by atoms with E-state index in [1.165, 1.54) is 19.1 Å². The first-order valence-electron chi connectivity index (χ1n) is 4.58. The fraction of sp³-hybridized carbons (Fsp3) is 0.364. The number of halogens is 3. The minimum atomic E-state index is -2.53. The van der Waals surface area contributed by atoms with Crippen molar-refractivity contribution in [1.29, 1.82) is 0 Å². The van der Waals surface area contributed by atoms with Gasteiger partial charge in [0, 0.05) is 14.7 Å². The normalized spacial score (nSPS) is 10.8. The van der Waals surface area contributed by atoms with Crippen LogP contribution in [0.2, 0.25) is 0 Å². The molecule has 0 N–H and O–H groups in total. The van der Waals surface area contributed by atoms with Crippen LogP contribution in [0.4, 0.5) is 8.78 Å². The highest BCUT2D eigenvalue weighted by molar-refractivity contribution is 14.1. The summed E-state index contributed by atoms with van der Waals surface area (Å²) in [7, 11) is 0. The van der Waals surface area contributed by atoms with Gasteiger partial charge in [-0.15, -0.1) is 0 Å². The predicted molar refractivity (Wildman–Crippen MR) is 63.5 cm³/mol. The second kappa shape index (κ2) is 5.01. The summed E-state index contributed by atoms with van der Waals surface area (Å²) in [5, 5.41) is 0. The molecule has 0 aliphatic heterocycles. The van der Waals surface area contributed by atoms with Gasteiger partial charge in [0.2, 0.25) is 0 Å². The highest BCUT2D eigenvalue weighted by atomic mass is 127. The van der Waals surface area contributed by atoms with Gasteiger partial charge in [-0.3, -0.25) is 4.79 Å². The molecule has 0 unspecified atom stereocenters. The highest BCUT2D eigenvalue weighted by Crippen LogP contribution is 2.26. The number of Topliss-reactive ketones (excluding diaryl/α,β-unsaturated/α-hetero) is 1. The summed E-state index contributed by atoms with van der Waals surface area (Å²) >= 11 is 1.99. The van der Waals surface area contributed by atoms with Crippen LogP contribution in [0.15, 0.2) is 12.1 Å². The van der Waals surface area contributed by atoms with Crippen LogP contribution in [0.5, 0.6) is 0 Å². The molecule has 4 heteroatoms. The number of carbonyl (C=O) groups excluding carboxylic acids is 1. The molecule has 15 heavy (non-hydrogen) atoms. The number of ketones is 1. The van der Waals surface area contributed by atoms with Crippen LogP contribution >= 0.6 is 22.6 Å². The van der Waals surface area contributed by atoms with E-state index in [0.717, 1.165) is 9.13 Å². The third-order valence-electron chi connectivity index (χ3n) is 2.20. The molecule has 1 aromatic carbocycles. The number of carbonyl (C=O) groups is 1. The molecular formula is C11H11F2IO. The molecule has 0 aliphatic carbocycles. The molecule has 1 aromatic rings. The molecule has 1 nitrogen and oxygen atoms in total. The molecule has 0 bridgehead atoms. The molecule has 1 rings (SSSR count). The van der Waals surface area contributed by atoms with Gasteiger partial charge >= 0.3 is 0 Å². The number of rotatable bonds is 3. The predicted octanol–water partition coefficient (Wildman–Crippen LogP) is 3.99. The lowest BCUT2D eigenvalue weighted by molar-refractivity contribution is 0.101. The van der Waals surface area contributed by atoms with E-state index in [1.54, 1.807) is 0 Å². The number of hydrogen-bond acceptors (Lipinski definition) is 1. The highest BCUT2D eigenvalue weighted by Gasteiger charge is 2.15. The van der Waals surface area contributed by atoms with Crippen LogP contribution in [0.25, 0.3) is 0 Å². The third-order valence-corrected chi connectivity index (χ3v) is 3.17. The van der Waals surface area contributed by atoms with E-state index in [-0.39, 0.29) is 11.3 Å². The van der Waals surface area contributed by atoms with Crippen molar-refractivity contribution in [2.45, 2.75) is 26.7 Å². The second-order valence-electron chi connectivity index (χ2n) is 3.24. The summed E-state index contributed by atoms with van der Waals surface area (Å²) in [6.07, 6.45) is -1.85. The van der Waals surface area contributed by atoms with Crippen molar-refractivity contribution < 1.29 is 13.6 Å². The Morgan fingerprint density at radius 1 is 1.47 bits per heavy atom. The van der Waals surface area contributed by atoms with E-state index in [9.17, 15) is 13.6 Å². The van der Waals surface area contributed by atoms with Gasteiger partial charge in [0.25, 0.3) is 6.43 Å². The molecule has 0 amide bonds. The van der Waals surface area contributed by atoms with E-state index in [1.807, 2.05) is 29.5 Å². The fourth-order valence-electron chi connectivity index (χ4n) is 1.46. The second-order valence-corrected chi connectivity index (χ2v) is 4.40. The van der Waals surface area contributed by atoms with Gasteiger partial charge in [0.05, 0.1) is 0 Å². The Kier molecular flexibility index (Phi) is 4.19. The zero-order valence-corrected chi connectivity index (χ0v) is 10.6. The molecule has 82 valence electrons. The first-order chi connectivity index (χ1) is 6.97. The van der Waals surface area contributed by atoms with Crippen LogP contribution in [-0.4, -0.2) is 5.78 Å². The Bertz CT molecular complexity index is 388. The zero-order valence-electron chi connectivity index (χ0n) is 8.48. The largest absolute Gasteiger partial charge is 0.295 e. The molecule has 0 heterocycles. The van der Waals surface area contributed by atoms with Crippen molar-refractivity contribution in [2.75, 3.05) is 0 Å². The lowest BCUT2D eigenvalue weighted by Gasteiger charge is -2.10. The van der Waals surface area contributed by atoms with E-state index < -0.39 is 6.43 Å². The zero-order chi connectivity index (χ0) is 11.6. The first kappa shape index (κ1) is 12.5. The minimum absolute atomic E-state index is 0.0817. The summed E-state index contributed by atoms with van der Waals surface area (Å²) in [6, 6.07) is 2.74. The smallest absolute Gasteiger partial charge is 0.263 e. The Hall–Kier alpha value is -0.520. The maximum atomic E-state index is 12.5. The van der Waals surface area contributed by atoms with Gasteiger partial charge in [-0.05, 0) is 53.6 Å². The number of benzene rings is 1. The van der Waals surface area contributed by atoms with Crippen LogP contribution in [0, 0.1) is 3.57 Å². The van der Waals surface area contributed by atoms with E-state index in [4.69, 9.17) is 0 Å². The summed E-state index contributed by atoms with van der Waals surface area (Å²) < 4.78 is 25.8. The van der Waals surface area contributed by atoms with Crippen LogP contribution in [-0.2, 0) is 6.42 Å². The number of hydrogen-bond donors (Lipinski definition) is 0. The average molecular weight is 324 g/mol. The molecule has 0 saturated carbocycles. The van der Waals surface area contributed by atoms with Crippen molar-refractivity contribution in [1.82, 2.24) is 0 Å². The quantitative estimate of drug-likeness (QED) is 0.607. The van der Waals surface area contributed by atoms with Gasteiger partial charge in [-0.25, -0.2) is 8.78 Å². The van der Waals surface area contributed by atoms with Gasteiger partial charge in [0.15, 0.2) is 5.78 Å². The molecule has 0 fully saturated rings.